The van der Waals surface area contributed by atoms with Crippen LogP contribution in [0, 0.1) is 5.82 Å². The zero-order valence-electron chi connectivity index (χ0n) is 10.7. The normalized spacial score (nSPS) is 10.7. The first-order valence-electron chi connectivity index (χ1n) is 5.91. The third-order valence-corrected chi connectivity index (χ3v) is 2.62. The van der Waals surface area contributed by atoms with Crippen molar-refractivity contribution in [2.24, 2.45) is 7.05 Å². The molecule has 0 bridgehead atoms. The van der Waals surface area contributed by atoms with Gasteiger partial charge in [-0.2, -0.15) is 10.1 Å². The summed E-state index contributed by atoms with van der Waals surface area (Å²) >= 11 is 0. The molecule has 0 fully saturated rings. The lowest BCUT2D eigenvalue weighted by Crippen LogP contribution is -1.97. The summed E-state index contributed by atoms with van der Waals surface area (Å²) in [5.74, 6) is 0.408. The quantitative estimate of drug-likeness (QED) is 0.729. The SMILES string of the molecule is Cn1cc(-c2noc(COc3ccccc3F)n2)cn1. The van der Waals surface area contributed by atoms with Crippen molar-refractivity contribution in [2.45, 2.75) is 6.61 Å². The Morgan fingerprint density at radius 3 is 2.95 bits per heavy atom. The Bertz CT molecular complexity index is 722. The van der Waals surface area contributed by atoms with Crippen LogP contribution < -0.4 is 4.74 Å². The highest BCUT2D eigenvalue weighted by Gasteiger charge is 2.11. The number of ether oxygens (including phenoxy) is 1. The summed E-state index contributed by atoms with van der Waals surface area (Å²) in [5, 5.41) is 7.84. The molecule has 0 amide bonds. The molecule has 102 valence electrons. The van der Waals surface area contributed by atoms with Crippen LogP contribution in [0.4, 0.5) is 4.39 Å². The molecule has 7 heteroatoms. The zero-order chi connectivity index (χ0) is 13.9. The summed E-state index contributed by atoms with van der Waals surface area (Å²) in [6.07, 6.45) is 3.40. The highest BCUT2D eigenvalue weighted by atomic mass is 19.1. The van der Waals surface area contributed by atoms with Gasteiger partial charge in [-0.1, -0.05) is 17.3 Å². The van der Waals surface area contributed by atoms with Crippen molar-refractivity contribution in [3.63, 3.8) is 0 Å². The predicted octanol–water partition coefficient (Wildman–Crippen LogP) is 2.19. The van der Waals surface area contributed by atoms with Crippen LogP contribution in [0.15, 0.2) is 41.2 Å². The minimum atomic E-state index is -0.431. The lowest BCUT2D eigenvalue weighted by atomic mass is 10.3. The van der Waals surface area contributed by atoms with E-state index in [9.17, 15) is 4.39 Å². The second-order valence-corrected chi connectivity index (χ2v) is 4.13. The fourth-order valence-electron chi connectivity index (χ4n) is 1.67. The molecule has 0 aliphatic rings. The Labute approximate surface area is 113 Å². The van der Waals surface area contributed by atoms with E-state index in [-0.39, 0.29) is 18.2 Å². The van der Waals surface area contributed by atoms with Gasteiger partial charge in [0.2, 0.25) is 5.82 Å². The number of hydrogen-bond acceptors (Lipinski definition) is 5. The Hall–Kier alpha value is -2.70. The average molecular weight is 274 g/mol. The zero-order valence-corrected chi connectivity index (χ0v) is 10.7. The lowest BCUT2D eigenvalue weighted by Gasteiger charge is -2.02. The monoisotopic (exact) mass is 274 g/mol. The van der Waals surface area contributed by atoms with Gasteiger partial charge in [0.1, 0.15) is 0 Å². The highest BCUT2D eigenvalue weighted by Crippen LogP contribution is 2.18. The summed E-state index contributed by atoms with van der Waals surface area (Å²) in [6, 6.07) is 6.14. The second kappa shape index (κ2) is 5.12. The molecule has 0 aliphatic carbocycles. The summed E-state index contributed by atoms with van der Waals surface area (Å²) in [5.41, 5.74) is 0.744. The van der Waals surface area contributed by atoms with Crippen LogP contribution >= 0.6 is 0 Å². The number of benzene rings is 1. The summed E-state index contributed by atoms with van der Waals surface area (Å²) in [7, 11) is 1.80. The average Bonchev–Trinajstić information content (AvgIpc) is 3.06. The number of halogens is 1. The first-order valence-corrected chi connectivity index (χ1v) is 5.91. The molecule has 3 rings (SSSR count). The second-order valence-electron chi connectivity index (χ2n) is 4.13. The Morgan fingerprint density at radius 1 is 1.35 bits per heavy atom. The van der Waals surface area contributed by atoms with Gasteiger partial charge in [-0.15, -0.1) is 0 Å². The number of hydrogen-bond donors (Lipinski definition) is 0. The van der Waals surface area contributed by atoms with Gasteiger partial charge in [0.05, 0.1) is 11.8 Å². The van der Waals surface area contributed by atoms with Crippen molar-refractivity contribution in [2.75, 3.05) is 0 Å². The molecule has 0 radical (unpaired) electrons. The van der Waals surface area contributed by atoms with Gasteiger partial charge in [-0.25, -0.2) is 4.39 Å². The summed E-state index contributed by atoms with van der Waals surface area (Å²) in [6.45, 7) is 0.00813. The van der Waals surface area contributed by atoms with Gasteiger partial charge in [0.25, 0.3) is 5.89 Å². The van der Waals surface area contributed by atoms with Crippen molar-refractivity contribution in [3.8, 4) is 17.1 Å². The van der Waals surface area contributed by atoms with Crippen LogP contribution in [0.3, 0.4) is 0 Å². The number of nitrogens with zero attached hydrogens (tertiary/aromatic N) is 4. The molecule has 0 atom stereocenters. The molecular formula is C13H11FN4O2. The van der Waals surface area contributed by atoms with Crippen molar-refractivity contribution in [1.29, 1.82) is 0 Å². The molecular weight excluding hydrogens is 263 g/mol. The van der Waals surface area contributed by atoms with E-state index in [4.69, 9.17) is 9.26 Å². The number of rotatable bonds is 4. The molecule has 3 aromatic rings. The van der Waals surface area contributed by atoms with Crippen molar-refractivity contribution < 1.29 is 13.7 Å². The Kier molecular flexibility index (Phi) is 3.16. The molecule has 0 spiro atoms. The molecule has 1 aromatic carbocycles. The van der Waals surface area contributed by atoms with E-state index in [1.165, 1.54) is 12.1 Å². The Balaban J connectivity index is 1.70. The van der Waals surface area contributed by atoms with E-state index in [1.807, 2.05) is 0 Å². The highest BCUT2D eigenvalue weighted by molar-refractivity contribution is 5.50. The van der Waals surface area contributed by atoms with Crippen molar-refractivity contribution in [1.82, 2.24) is 19.9 Å². The van der Waals surface area contributed by atoms with E-state index in [0.29, 0.717) is 5.82 Å². The molecule has 2 heterocycles. The predicted molar refractivity (Wildman–Crippen MR) is 67.2 cm³/mol. The maximum atomic E-state index is 13.4. The van der Waals surface area contributed by atoms with Crippen LogP contribution in [0.5, 0.6) is 5.75 Å². The van der Waals surface area contributed by atoms with Crippen LogP contribution in [0.1, 0.15) is 5.89 Å². The Morgan fingerprint density at radius 2 is 2.20 bits per heavy atom. The van der Waals surface area contributed by atoms with E-state index >= 15 is 0 Å². The first-order chi connectivity index (χ1) is 9.72. The summed E-state index contributed by atoms with van der Waals surface area (Å²) < 4.78 is 25.3. The molecule has 2 aromatic heterocycles. The van der Waals surface area contributed by atoms with Crippen LogP contribution in [0.2, 0.25) is 0 Å². The topological polar surface area (TPSA) is 66.0 Å². The van der Waals surface area contributed by atoms with Gasteiger partial charge in [0.15, 0.2) is 18.2 Å². The minimum Gasteiger partial charge on any atom is -0.481 e. The lowest BCUT2D eigenvalue weighted by molar-refractivity contribution is 0.234. The fraction of sp³-hybridized carbons (Fsp3) is 0.154. The summed E-state index contributed by atoms with van der Waals surface area (Å²) in [4.78, 5) is 4.16. The van der Waals surface area contributed by atoms with Gasteiger partial charge < -0.3 is 9.26 Å². The van der Waals surface area contributed by atoms with E-state index < -0.39 is 5.82 Å². The molecule has 0 N–H and O–H groups in total. The number of aryl methyl sites for hydroxylation is 1. The first kappa shape index (κ1) is 12.3. The molecule has 20 heavy (non-hydrogen) atoms. The van der Waals surface area contributed by atoms with Gasteiger partial charge in [-0.3, -0.25) is 4.68 Å². The van der Waals surface area contributed by atoms with E-state index in [2.05, 4.69) is 15.2 Å². The third kappa shape index (κ3) is 2.51. The van der Waals surface area contributed by atoms with Crippen LogP contribution in [-0.2, 0) is 13.7 Å². The van der Waals surface area contributed by atoms with Crippen LogP contribution in [0.25, 0.3) is 11.4 Å². The van der Waals surface area contributed by atoms with Crippen molar-refractivity contribution >= 4 is 0 Å². The van der Waals surface area contributed by atoms with Gasteiger partial charge in [-0.05, 0) is 12.1 Å². The van der Waals surface area contributed by atoms with E-state index in [1.54, 1.807) is 36.3 Å². The largest absolute Gasteiger partial charge is 0.481 e. The molecule has 6 nitrogen and oxygen atoms in total. The molecule has 0 saturated carbocycles. The van der Waals surface area contributed by atoms with Gasteiger partial charge >= 0.3 is 0 Å². The van der Waals surface area contributed by atoms with Gasteiger partial charge in [0, 0.05) is 13.2 Å². The van der Waals surface area contributed by atoms with E-state index in [0.717, 1.165) is 5.56 Å². The third-order valence-electron chi connectivity index (χ3n) is 2.62. The smallest absolute Gasteiger partial charge is 0.264 e. The number of para-hydroxylation sites is 1. The molecule has 0 unspecified atom stereocenters. The number of aromatic nitrogens is 4. The molecule has 0 aliphatic heterocycles. The maximum absolute atomic E-state index is 13.4. The fourth-order valence-corrected chi connectivity index (χ4v) is 1.67. The minimum absolute atomic E-state index is 0.00813. The maximum Gasteiger partial charge on any atom is 0.264 e. The van der Waals surface area contributed by atoms with Crippen molar-refractivity contribution in [3.05, 3.63) is 48.4 Å². The standard InChI is InChI=1S/C13H11FN4O2/c1-18-7-9(6-15-18)13-16-12(20-17-13)8-19-11-5-3-2-4-10(11)14/h2-7H,8H2,1H3. The molecule has 0 saturated heterocycles. The van der Waals surface area contributed by atoms with Crippen LogP contribution in [-0.4, -0.2) is 19.9 Å².